The van der Waals surface area contributed by atoms with Crippen molar-refractivity contribution in [2.24, 2.45) is 5.73 Å². The summed E-state index contributed by atoms with van der Waals surface area (Å²) in [6.07, 6.45) is 0. The number of rotatable bonds is 5. The van der Waals surface area contributed by atoms with Gasteiger partial charge in [-0.2, -0.15) is 0 Å². The van der Waals surface area contributed by atoms with Gasteiger partial charge in [-0.3, -0.25) is 9.32 Å². The molecule has 0 fully saturated rings. The van der Waals surface area contributed by atoms with E-state index in [4.69, 9.17) is 15.5 Å². The molecule has 14 heavy (non-hydrogen) atoms. The van der Waals surface area contributed by atoms with E-state index in [1.54, 1.807) is 0 Å². The highest BCUT2D eigenvalue weighted by molar-refractivity contribution is 7.46. The highest BCUT2D eigenvalue weighted by atomic mass is 31.2. The molecule has 8 heteroatoms. The van der Waals surface area contributed by atoms with E-state index in [-0.39, 0.29) is 13.2 Å². The molecule has 0 saturated heterocycles. The van der Waals surface area contributed by atoms with E-state index in [9.17, 15) is 9.36 Å². The summed E-state index contributed by atoms with van der Waals surface area (Å²) in [5.74, 6) is -0.410. The van der Waals surface area contributed by atoms with Crippen molar-refractivity contribution in [1.82, 2.24) is 5.32 Å². The smallest absolute Gasteiger partial charge is 0.352 e. The predicted octanol–water partition coefficient (Wildman–Crippen LogP) is -1.05. The first-order chi connectivity index (χ1) is 6.13. The van der Waals surface area contributed by atoms with Crippen molar-refractivity contribution in [2.45, 2.75) is 19.4 Å². The lowest BCUT2D eigenvalue weighted by atomic mass is 10.1. The number of amides is 1. The fourth-order valence-electron chi connectivity index (χ4n) is 0.557. The number of nitrogens with one attached hydrogen (secondary N) is 1. The Kier molecular flexibility index (Phi) is 4.70. The minimum absolute atomic E-state index is 0.00454. The van der Waals surface area contributed by atoms with Crippen LogP contribution in [0.2, 0.25) is 0 Å². The Morgan fingerprint density at radius 3 is 2.43 bits per heavy atom. The minimum Gasteiger partial charge on any atom is -0.352 e. The van der Waals surface area contributed by atoms with E-state index in [1.807, 2.05) is 0 Å². The van der Waals surface area contributed by atoms with Gasteiger partial charge in [0, 0.05) is 6.54 Å². The van der Waals surface area contributed by atoms with E-state index in [0.717, 1.165) is 0 Å². The summed E-state index contributed by atoms with van der Waals surface area (Å²) in [7, 11) is -4.45. The molecule has 0 rings (SSSR count). The highest BCUT2D eigenvalue weighted by Gasteiger charge is 2.21. The molecule has 0 heterocycles. The van der Waals surface area contributed by atoms with Crippen LogP contribution >= 0.6 is 7.82 Å². The second-order valence-electron chi connectivity index (χ2n) is 3.30. The van der Waals surface area contributed by atoms with Crippen LogP contribution in [0.4, 0.5) is 0 Å². The summed E-state index contributed by atoms with van der Waals surface area (Å²) >= 11 is 0. The Morgan fingerprint density at radius 1 is 1.57 bits per heavy atom. The number of carbonyl (C=O) groups excluding carboxylic acids is 1. The van der Waals surface area contributed by atoms with E-state index in [1.165, 1.54) is 13.8 Å². The maximum Gasteiger partial charge on any atom is 0.469 e. The van der Waals surface area contributed by atoms with Crippen LogP contribution in [0.25, 0.3) is 0 Å². The van der Waals surface area contributed by atoms with Gasteiger partial charge in [-0.15, -0.1) is 0 Å². The molecule has 7 nitrogen and oxygen atoms in total. The third kappa shape index (κ3) is 6.99. The van der Waals surface area contributed by atoms with Crippen LogP contribution in [0.3, 0.4) is 0 Å². The molecule has 84 valence electrons. The molecule has 0 saturated carbocycles. The molecule has 0 atom stereocenters. The van der Waals surface area contributed by atoms with Gasteiger partial charge in [0.15, 0.2) is 0 Å². The molecule has 0 aromatic rings. The summed E-state index contributed by atoms with van der Waals surface area (Å²) in [6, 6.07) is 0. The number of nitrogens with two attached hydrogens (primary N) is 1. The van der Waals surface area contributed by atoms with Crippen molar-refractivity contribution in [3.63, 3.8) is 0 Å². The van der Waals surface area contributed by atoms with E-state index in [2.05, 4.69) is 9.84 Å². The highest BCUT2D eigenvalue weighted by Crippen LogP contribution is 2.35. The Labute approximate surface area is 81.9 Å². The summed E-state index contributed by atoms with van der Waals surface area (Å²) in [5, 5.41) is 2.36. The number of hydrogen-bond donors (Lipinski definition) is 4. The molecule has 0 aliphatic carbocycles. The zero-order valence-corrected chi connectivity index (χ0v) is 8.95. The lowest BCUT2D eigenvalue weighted by Crippen LogP contribution is -2.49. The van der Waals surface area contributed by atoms with Crippen molar-refractivity contribution in [1.29, 1.82) is 0 Å². The largest absolute Gasteiger partial charge is 0.469 e. The van der Waals surface area contributed by atoms with Crippen LogP contribution in [-0.2, 0) is 13.9 Å². The van der Waals surface area contributed by atoms with Crippen molar-refractivity contribution in [3.05, 3.63) is 0 Å². The molecule has 0 spiro atoms. The molecule has 0 radical (unpaired) electrons. The molecule has 0 unspecified atom stereocenters. The molecule has 0 aliphatic heterocycles. The molecular weight excluding hydrogens is 211 g/mol. The van der Waals surface area contributed by atoms with Gasteiger partial charge in [-0.05, 0) is 13.8 Å². The summed E-state index contributed by atoms with van der Waals surface area (Å²) in [5.41, 5.74) is 4.43. The van der Waals surface area contributed by atoms with Crippen LogP contribution in [0.5, 0.6) is 0 Å². The Balaban J connectivity index is 3.67. The first-order valence-corrected chi connectivity index (χ1v) is 5.43. The zero-order chi connectivity index (χ0) is 11.4. The Hall–Kier alpha value is -0.460. The van der Waals surface area contributed by atoms with Crippen LogP contribution < -0.4 is 11.1 Å². The van der Waals surface area contributed by atoms with E-state index < -0.39 is 19.3 Å². The molecule has 0 aromatic carbocycles. The normalized spacial score (nSPS) is 12.6. The predicted molar refractivity (Wildman–Crippen MR) is 49.3 cm³/mol. The van der Waals surface area contributed by atoms with Gasteiger partial charge < -0.3 is 20.8 Å². The van der Waals surface area contributed by atoms with Gasteiger partial charge in [0.25, 0.3) is 0 Å². The van der Waals surface area contributed by atoms with Gasteiger partial charge in [0.05, 0.1) is 12.1 Å². The number of phosphoric ester groups is 1. The van der Waals surface area contributed by atoms with Crippen molar-refractivity contribution in [2.75, 3.05) is 13.2 Å². The Morgan fingerprint density at radius 2 is 2.07 bits per heavy atom. The van der Waals surface area contributed by atoms with Gasteiger partial charge in [0.2, 0.25) is 5.91 Å². The Bertz CT molecular complexity index is 243. The lowest BCUT2D eigenvalue weighted by Gasteiger charge is -2.17. The van der Waals surface area contributed by atoms with Crippen LogP contribution in [0, 0.1) is 0 Å². The lowest BCUT2D eigenvalue weighted by molar-refractivity contribution is -0.125. The van der Waals surface area contributed by atoms with E-state index >= 15 is 0 Å². The minimum atomic E-state index is -4.45. The molecule has 0 aliphatic rings. The molecule has 1 amide bonds. The standard InChI is InChI=1S/C6H15N2O5P/c1-6(2,7)5(9)8-3-4-13-14(10,11)12/h3-4,7H2,1-2H3,(H,8,9)(H2,10,11,12). The molecular formula is C6H15N2O5P. The number of carbonyl (C=O) groups is 1. The van der Waals surface area contributed by atoms with Gasteiger partial charge in [0.1, 0.15) is 0 Å². The van der Waals surface area contributed by atoms with Crippen LogP contribution in [-0.4, -0.2) is 34.4 Å². The summed E-state index contributed by atoms with van der Waals surface area (Å²) in [6.45, 7) is 2.79. The van der Waals surface area contributed by atoms with Crippen molar-refractivity contribution < 1.29 is 23.7 Å². The number of hydrogen-bond acceptors (Lipinski definition) is 4. The molecule has 0 aromatic heterocycles. The second kappa shape index (κ2) is 4.86. The van der Waals surface area contributed by atoms with Crippen LogP contribution in [0.1, 0.15) is 13.8 Å². The van der Waals surface area contributed by atoms with Gasteiger partial charge in [-0.25, -0.2) is 4.57 Å². The van der Waals surface area contributed by atoms with Gasteiger partial charge in [-0.1, -0.05) is 0 Å². The zero-order valence-electron chi connectivity index (χ0n) is 8.06. The monoisotopic (exact) mass is 226 g/mol. The maximum absolute atomic E-state index is 11.1. The summed E-state index contributed by atoms with van der Waals surface area (Å²) in [4.78, 5) is 27.7. The third-order valence-corrected chi connectivity index (χ3v) is 1.75. The van der Waals surface area contributed by atoms with Crippen molar-refractivity contribution >= 4 is 13.7 Å². The SMILES string of the molecule is CC(C)(N)C(=O)NCCOP(=O)(O)O. The first kappa shape index (κ1) is 13.5. The average molecular weight is 226 g/mol. The van der Waals surface area contributed by atoms with Crippen LogP contribution in [0.15, 0.2) is 0 Å². The topological polar surface area (TPSA) is 122 Å². The van der Waals surface area contributed by atoms with Crippen molar-refractivity contribution in [3.8, 4) is 0 Å². The number of phosphoric acid groups is 1. The quantitative estimate of drug-likeness (QED) is 0.350. The fourth-order valence-corrected chi connectivity index (χ4v) is 0.886. The second-order valence-corrected chi connectivity index (χ2v) is 4.54. The average Bonchev–Trinajstić information content (AvgIpc) is 1.93. The fraction of sp³-hybridized carbons (Fsp3) is 0.833. The first-order valence-electron chi connectivity index (χ1n) is 3.90. The van der Waals surface area contributed by atoms with Gasteiger partial charge >= 0.3 is 7.82 Å². The van der Waals surface area contributed by atoms with E-state index in [0.29, 0.717) is 0 Å². The summed E-state index contributed by atoms with van der Waals surface area (Å²) < 4.78 is 14.3. The maximum atomic E-state index is 11.1. The third-order valence-electron chi connectivity index (χ3n) is 1.23. The molecule has 0 bridgehead atoms. The molecule has 5 N–H and O–H groups in total.